The SMILES string of the molecule is CC1OC(OC2C(OC3CCC4(C)C5=CC(O)C67C(=O)OC(C)(C8CCC(C)(C)O8)C6(O)CCC7(C)C5CCC4C3(C)C)OCC(OS(=O)(=O)O)C2O)C(O)C(O)C1OS(=O)(=O)O. The monoisotopic (exact) mass is 940 g/mol. The lowest BCUT2D eigenvalue weighted by atomic mass is 9.40. The average molecular weight is 941 g/mol. The fourth-order valence-electron chi connectivity index (χ4n) is 14.0. The molecule has 19 unspecified atom stereocenters. The van der Waals surface area contributed by atoms with Gasteiger partial charge in [-0.1, -0.05) is 39.3 Å². The van der Waals surface area contributed by atoms with Crippen molar-refractivity contribution in [3.05, 3.63) is 11.6 Å². The van der Waals surface area contributed by atoms with E-state index < -0.39 is 145 Å². The van der Waals surface area contributed by atoms with Crippen LogP contribution in [0, 0.1) is 33.5 Å². The maximum absolute atomic E-state index is 14.5. The molecule has 0 aromatic rings. The van der Waals surface area contributed by atoms with E-state index in [1.165, 1.54) is 6.92 Å². The Labute approximate surface area is 367 Å². The summed E-state index contributed by atoms with van der Waals surface area (Å²) in [5.74, 6) is -0.879. The lowest BCUT2D eigenvalue weighted by Gasteiger charge is -2.64. The van der Waals surface area contributed by atoms with Gasteiger partial charge < -0.3 is 54.0 Å². The third kappa shape index (κ3) is 7.14. The van der Waals surface area contributed by atoms with Gasteiger partial charge in [-0.3, -0.25) is 13.9 Å². The first kappa shape index (κ1) is 48.0. The molecule has 8 rings (SSSR count). The minimum absolute atomic E-state index is 0.0889. The summed E-state index contributed by atoms with van der Waals surface area (Å²) in [6.07, 6.45) is -12.2. The molecule has 4 aliphatic carbocycles. The van der Waals surface area contributed by atoms with E-state index in [9.17, 15) is 56.3 Å². The van der Waals surface area contributed by atoms with Gasteiger partial charge in [-0.05, 0) is 107 Å². The molecule has 0 aromatic carbocycles. The molecule has 8 aliphatic rings. The quantitative estimate of drug-likeness (QED) is 0.0741. The van der Waals surface area contributed by atoms with Crippen molar-refractivity contribution in [1.29, 1.82) is 0 Å². The second kappa shape index (κ2) is 15.3. The molecule has 63 heavy (non-hydrogen) atoms. The Balaban J connectivity index is 1.05. The van der Waals surface area contributed by atoms with Crippen molar-refractivity contribution >= 4 is 26.8 Å². The van der Waals surface area contributed by atoms with Crippen LogP contribution in [0.5, 0.6) is 0 Å². The first-order chi connectivity index (χ1) is 28.9. The molecule has 4 saturated heterocycles. The summed E-state index contributed by atoms with van der Waals surface area (Å²) in [7, 11) is -10.2. The molecular weight excluding hydrogens is 877 g/mol. The number of cyclic esters (lactones) is 1. The summed E-state index contributed by atoms with van der Waals surface area (Å²) in [5.41, 5.74) is -6.22. The van der Waals surface area contributed by atoms with Crippen molar-refractivity contribution in [2.45, 2.75) is 197 Å². The average Bonchev–Trinajstić information content (AvgIpc) is 3.72. The molecule has 20 nitrogen and oxygen atoms in total. The second-order valence-electron chi connectivity index (χ2n) is 21.2. The highest BCUT2D eigenvalue weighted by Gasteiger charge is 2.87. The van der Waals surface area contributed by atoms with Crippen molar-refractivity contribution < 1.29 is 93.1 Å². The van der Waals surface area contributed by atoms with E-state index >= 15 is 0 Å². The van der Waals surface area contributed by atoms with E-state index in [1.807, 2.05) is 34.6 Å². The summed E-state index contributed by atoms with van der Waals surface area (Å²) in [5, 5.41) is 58.6. The van der Waals surface area contributed by atoms with Gasteiger partial charge >= 0.3 is 26.8 Å². The molecule has 7 fully saturated rings. The predicted octanol–water partition coefficient (Wildman–Crippen LogP) is 1.26. The van der Waals surface area contributed by atoms with Crippen molar-refractivity contribution in [2.24, 2.45) is 33.5 Å². The molecule has 7 N–H and O–H groups in total. The zero-order valence-corrected chi connectivity index (χ0v) is 38.4. The van der Waals surface area contributed by atoms with Crippen LogP contribution in [0.15, 0.2) is 11.6 Å². The van der Waals surface area contributed by atoms with E-state index in [1.54, 1.807) is 13.0 Å². The first-order valence-electron chi connectivity index (χ1n) is 21.8. The molecular formula is C41H64O20S2. The van der Waals surface area contributed by atoms with E-state index in [4.69, 9.17) is 28.4 Å². The van der Waals surface area contributed by atoms with Gasteiger partial charge in [0.05, 0.1) is 30.5 Å². The normalized spacial score (nSPS) is 51.7. The van der Waals surface area contributed by atoms with Crippen molar-refractivity contribution in [3.63, 3.8) is 0 Å². The maximum atomic E-state index is 14.5. The number of rotatable bonds is 9. The predicted molar refractivity (Wildman–Crippen MR) is 214 cm³/mol. The highest BCUT2D eigenvalue weighted by molar-refractivity contribution is 7.81. The third-order valence-electron chi connectivity index (χ3n) is 17.1. The molecule has 4 aliphatic heterocycles. The Morgan fingerprint density at radius 3 is 2.05 bits per heavy atom. The van der Waals surface area contributed by atoms with Crippen LogP contribution in [0.25, 0.3) is 0 Å². The fraction of sp³-hybridized carbons (Fsp3) is 0.927. The minimum atomic E-state index is -5.12. The van der Waals surface area contributed by atoms with E-state index in [2.05, 4.69) is 15.3 Å². The van der Waals surface area contributed by atoms with Gasteiger partial charge in [0.25, 0.3) is 0 Å². The van der Waals surface area contributed by atoms with Gasteiger partial charge in [-0.2, -0.15) is 16.8 Å². The van der Waals surface area contributed by atoms with Crippen molar-refractivity contribution in [1.82, 2.24) is 0 Å². The van der Waals surface area contributed by atoms with Gasteiger partial charge in [0.2, 0.25) is 0 Å². The lowest BCUT2D eigenvalue weighted by Crippen LogP contribution is -2.69. The number of carbonyl (C=O) groups is 1. The number of fused-ring (bicyclic) bond motifs is 4. The van der Waals surface area contributed by atoms with Gasteiger partial charge in [0.1, 0.15) is 53.7 Å². The second-order valence-corrected chi connectivity index (χ2v) is 23.3. The zero-order chi connectivity index (χ0) is 46.5. The Bertz CT molecular complexity index is 2080. The molecule has 19 atom stereocenters. The summed E-state index contributed by atoms with van der Waals surface area (Å²) in [4.78, 5) is 14.5. The summed E-state index contributed by atoms with van der Waals surface area (Å²) >= 11 is 0. The highest BCUT2D eigenvalue weighted by Crippen LogP contribution is 2.77. The minimum Gasteiger partial charge on any atom is -0.453 e. The molecule has 4 heterocycles. The van der Waals surface area contributed by atoms with E-state index in [0.29, 0.717) is 38.5 Å². The van der Waals surface area contributed by atoms with Gasteiger partial charge in [0.15, 0.2) is 18.2 Å². The Kier molecular flexibility index (Phi) is 11.6. The van der Waals surface area contributed by atoms with E-state index in [-0.39, 0.29) is 18.3 Å². The number of esters is 1. The van der Waals surface area contributed by atoms with Crippen LogP contribution in [-0.2, 0) is 62.4 Å². The maximum Gasteiger partial charge on any atom is 0.397 e. The van der Waals surface area contributed by atoms with Crippen LogP contribution < -0.4 is 0 Å². The lowest BCUT2D eigenvalue weighted by molar-refractivity contribution is -0.361. The highest BCUT2D eigenvalue weighted by atomic mass is 32.3. The van der Waals surface area contributed by atoms with E-state index in [0.717, 1.165) is 12.0 Å². The van der Waals surface area contributed by atoms with Gasteiger partial charge in [-0.15, -0.1) is 0 Å². The Morgan fingerprint density at radius 1 is 0.762 bits per heavy atom. The number of aliphatic hydroxyl groups is 5. The smallest absolute Gasteiger partial charge is 0.397 e. The van der Waals surface area contributed by atoms with Crippen LogP contribution in [0.2, 0.25) is 0 Å². The number of hydrogen-bond acceptors (Lipinski definition) is 18. The zero-order valence-electron chi connectivity index (χ0n) is 36.8. The number of aliphatic hydroxyl groups excluding tert-OH is 4. The number of carbonyl (C=O) groups excluding carboxylic acids is 1. The molecule has 3 saturated carbocycles. The van der Waals surface area contributed by atoms with Crippen LogP contribution in [-0.4, -0.2) is 154 Å². The number of allylic oxidation sites excluding steroid dienone is 1. The van der Waals surface area contributed by atoms with Crippen LogP contribution in [0.3, 0.4) is 0 Å². The van der Waals surface area contributed by atoms with Crippen LogP contribution in [0.4, 0.5) is 0 Å². The molecule has 0 amide bonds. The third-order valence-corrected chi connectivity index (χ3v) is 18.1. The largest absolute Gasteiger partial charge is 0.453 e. The van der Waals surface area contributed by atoms with Gasteiger partial charge in [-0.25, -0.2) is 8.37 Å². The fourth-order valence-corrected chi connectivity index (χ4v) is 15.0. The summed E-state index contributed by atoms with van der Waals surface area (Å²) < 4.78 is 111. The van der Waals surface area contributed by atoms with Crippen molar-refractivity contribution in [2.75, 3.05) is 6.61 Å². The number of hydrogen-bond donors (Lipinski definition) is 7. The first-order valence-corrected chi connectivity index (χ1v) is 24.6. The van der Waals surface area contributed by atoms with Crippen LogP contribution >= 0.6 is 0 Å². The van der Waals surface area contributed by atoms with Crippen LogP contribution in [0.1, 0.15) is 107 Å². The Hall–Kier alpha value is -1.45. The summed E-state index contributed by atoms with van der Waals surface area (Å²) in [6, 6.07) is 0. The molecule has 0 bridgehead atoms. The topological polar surface area (TPSA) is 301 Å². The Morgan fingerprint density at radius 2 is 1.43 bits per heavy atom. The summed E-state index contributed by atoms with van der Waals surface area (Å²) in [6.45, 7) is 14.6. The van der Waals surface area contributed by atoms with Gasteiger partial charge in [0, 0.05) is 0 Å². The molecule has 0 aromatic heterocycles. The molecule has 22 heteroatoms. The molecule has 0 radical (unpaired) electrons. The standard InChI is InChI=1S/C41H64O20S2/c1-19-30(61-63(51,52)53)28(44)29(45)32(55-19)57-31-27(43)22(60-62(48,49)50)18-54-33(31)56-25-12-14-37(6)21-17-24(42)41-34(46)59-39(8,26-11-13-35(2,3)58-26)40(41,47)16-15-38(41,7)20(21)9-10-23(37)36(25,4)5/h17,19-20,22-33,42-45,47H,9-16,18H2,1-8H3,(H,48,49,50)(H,51,52,53). The number of ether oxygens (including phenoxy) is 6. The van der Waals surface area contributed by atoms with Crippen molar-refractivity contribution in [3.8, 4) is 0 Å². The molecule has 1 spiro atoms. The molecule has 360 valence electrons.